The normalized spacial score (nSPS) is 12.0. The predicted molar refractivity (Wildman–Crippen MR) is 188 cm³/mol. The average Bonchev–Trinajstić information content (AvgIpc) is 3.76. The van der Waals surface area contributed by atoms with Crippen molar-refractivity contribution in [3.63, 3.8) is 0 Å². The van der Waals surface area contributed by atoms with Crippen LogP contribution in [0.25, 0.3) is 88.1 Å². The molecular formula is C42H26N2O. The van der Waals surface area contributed by atoms with E-state index < -0.39 is 0 Å². The number of rotatable bonds is 3. The molecule has 10 aromatic rings. The summed E-state index contributed by atoms with van der Waals surface area (Å²) in [4.78, 5) is 0. The predicted octanol–water partition coefficient (Wildman–Crippen LogP) is 11.4. The van der Waals surface area contributed by atoms with Gasteiger partial charge in [0.05, 0.1) is 22.1 Å². The number of hydrogen-bond donors (Lipinski definition) is 0. The van der Waals surface area contributed by atoms with E-state index in [1.165, 1.54) is 43.6 Å². The summed E-state index contributed by atoms with van der Waals surface area (Å²) < 4.78 is 11.1. The Morgan fingerprint density at radius 1 is 0.333 bits per heavy atom. The minimum Gasteiger partial charge on any atom is -0.456 e. The largest absolute Gasteiger partial charge is 0.456 e. The number of para-hydroxylation sites is 4. The first kappa shape index (κ1) is 24.4. The molecule has 0 aliphatic heterocycles. The molecule has 0 saturated heterocycles. The zero-order chi connectivity index (χ0) is 29.5. The number of benzene rings is 7. The molecule has 0 aliphatic carbocycles. The van der Waals surface area contributed by atoms with Gasteiger partial charge < -0.3 is 13.6 Å². The maximum absolute atomic E-state index is 6.20. The van der Waals surface area contributed by atoms with E-state index in [-0.39, 0.29) is 0 Å². The second-order valence-electron chi connectivity index (χ2n) is 11.8. The minimum absolute atomic E-state index is 0.913. The standard InChI is InChI=1S/C42H26N2O/c1-2-10-29(11-3-1)43-37-15-7-4-12-31(37)35-24-25-36-32-13-5-8-16-38(32)44(42(36)41(35)43)30-21-18-27(19-22-30)28-20-23-34-33-14-6-9-17-39(33)45-40(34)26-28/h1-26H. The van der Waals surface area contributed by atoms with E-state index in [2.05, 4.69) is 155 Å². The number of aromatic nitrogens is 2. The van der Waals surface area contributed by atoms with Crippen molar-refractivity contribution in [2.75, 3.05) is 0 Å². The molecule has 0 fully saturated rings. The molecule has 0 aliphatic rings. The van der Waals surface area contributed by atoms with Crippen LogP contribution in [0.1, 0.15) is 0 Å². The van der Waals surface area contributed by atoms with Gasteiger partial charge in [0.2, 0.25) is 0 Å². The van der Waals surface area contributed by atoms with Crippen LogP contribution in [0.5, 0.6) is 0 Å². The van der Waals surface area contributed by atoms with E-state index in [0.29, 0.717) is 0 Å². The summed E-state index contributed by atoms with van der Waals surface area (Å²) >= 11 is 0. The Balaban J connectivity index is 1.23. The van der Waals surface area contributed by atoms with Crippen molar-refractivity contribution in [2.24, 2.45) is 0 Å². The molecule has 3 aromatic heterocycles. The van der Waals surface area contributed by atoms with Crippen molar-refractivity contribution < 1.29 is 4.42 Å². The monoisotopic (exact) mass is 574 g/mol. The summed E-state index contributed by atoms with van der Waals surface area (Å²) in [6, 6.07) is 56.5. The van der Waals surface area contributed by atoms with Crippen LogP contribution in [0.15, 0.2) is 162 Å². The first-order valence-electron chi connectivity index (χ1n) is 15.4. The molecule has 210 valence electrons. The Morgan fingerprint density at radius 2 is 0.822 bits per heavy atom. The lowest BCUT2D eigenvalue weighted by Gasteiger charge is -2.13. The molecule has 0 radical (unpaired) electrons. The summed E-state index contributed by atoms with van der Waals surface area (Å²) in [5.74, 6) is 0. The lowest BCUT2D eigenvalue weighted by atomic mass is 10.0. The van der Waals surface area contributed by atoms with E-state index in [0.717, 1.165) is 44.4 Å². The van der Waals surface area contributed by atoms with Gasteiger partial charge in [-0.25, -0.2) is 0 Å². The molecule has 10 rings (SSSR count). The van der Waals surface area contributed by atoms with Crippen LogP contribution in [0.3, 0.4) is 0 Å². The van der Waals surface area contributed by atoms with Crippen LogP contribution >= 0.6 is 0 Å². The molecule has 0 amide bonds. The molecule has 0 spiro atoms. The summed E-state index contributed by atoms with van der Waals surface area (Å²) in [5.41, 5.74) is 11.3. The fourth-order valence-corrected chi connectivity index (χ4v) is 7.32. The highest BCUT2D eigenvalue weighted by atomic mass is 16.3. The summed E-state index contributed by atoms with van der Waals surface area (Å²) in [6.07, 6.45) is 0. The summed E-state index contributed by atoms with van der Waals surface area (Å²) in [6.45, 7) is 0. The van der Waals surface area contributed by atoms with Gasteiger partial charge in [0.15, 0.2) is 0 Å². The summed E-state index contributed by atoms with van der Waals surface area (Å²) in [5, 5.41) is 7.30. The first-order valence-corrected chi connectivity index (χ1v) is 15.4. The molecule has 45 heavy (non-hydrogen) atoms. The Labute approximate surface area is 258 Å². The first-order chi connectivity index (χ1) is 22.3. The SMILES string of the molecule is c1ccc(-n2c3ccccc3c3ccc4c5ccccc5n(-c5ccc(-c6ccc7c(c6)oc6ccccc67)cc5)c4c32)cc1. The van der Waals surface area contributed by atoms with Gasteiger partial charge in [-0.15, -0.1) is 0 Å². The van der Waals surface area contributed by atoms with Gasteiger partial charge in [0.1, 0.15) is 11.2 Å². The van der Waals surface area contributed by atoms with Crippen LogP contribution in [0.2, 0.25) is 0 Å². The fourth-order valence-electron chi connectivity index (χ4n) is 7.32. The van der Waals surface area contributed by atoms with Gasteiger partial charge in [0, 0.05) is 43.7 Å². The van der Waals surface area contributed by atoms with Crippen LogP contribution in [0.4, 0.5) is 0 Å². The van der Waals surface area contributed by atoms with E-state index in [4.69, 9.17) is 4.42 Å². The Kier molecular flexibility index (Phi) is 5.00. The minimum atomic E-state index is 0.913. The fraction of sp³-hybridized carbons (Fsp3) is 0. The molecule has 0 saturated carbocycles. The molecule has 3 nitrogen and oxygen atoms in total. The average molecular weight is 575 g/mol. The molecule has 7 aromatic carbocycles. The Bertz CT molecular complexity index is 2740. The lowest BCUT2D eigenvalue weighted by Crippen LogP contribution is -1.98. The molecule has 0 N–H and O–H groups in total. The van der Waals surface area contributed by atoms with E-state index >= 15 is 0 Å². The van der Waals surface area contributed by atoms with Gasteiger partial charge in [-0.3, -0.25) is 0 Å². The van der Waals surface area contributed by atoms with Crippen LogP contribution in [-0.2, 0) is 0 Å². The van der Waals surface area contributed by atoms with Gasteiger partial charge in [-0.05, 0) is 65.7 Å². The van der Waals surface area contributed by atoms with Crippen molar-refractivity contribution in [3.8, 4) is 22.5 Å². The van der Waals surface area contributed by atoms with Crippen molar-refractivity contribution >= 4 is 65.6 Å². The van der Waals surface area contributed by atoms with Crippen molar-refractivity contribution in [3.05, 3.63) is 158 Å². The van der Waals surface area contributed by atoms with E-state index in [1.54, 1.807) is 0 Å². The molecule has 0 bridgehead atoms. The maximum Gasteiger partial charge on any atom is 0.136 e. The molecular weight excluding hydrogens is 548 g/mol. The van der Waals surface area contributed by atoms with Gasteiger partial charge in [-0.1, -0.05) is 103 Å². The topological polar surface area (TPSA) is 23.0 Å². The third-order valence-corrected chi connectivity index (χ3v) is 9.32. The molecule has 0 unspecified atom stereocenters. The number of fused-ring (bicyclic) bond motifs is 10. The highest BCUT2D eigenvalue weighted by molar-refractivity contribution is 6.23. The van der Waals surface area contributed by atoms with E-state index in [9.17, 15) is 0 Å². The number of furan rings is 1. The number of hydrogen-bond acceptors (Lipinski definition) is 1. The molecule has 3 heteroatoms. The Morgan fingerprint density at radius 3 is 1.49 bits per heavy atom. The van der Waals surface area contributed by atoms with Gasteiger partial charge in [-0.2, -0.15) is 0 Å². The van der Waals surface area contributed by atoms with E-state index in [1.807, 2.05) is 12.1 Å². The smallest absolute Gasteiger partial charge is 0.136 e. The molecule has 3 heterocycles. The van der Waals surface area contributed by atoms with Crippen molar-refractivity contribution in [1.29, 1.82) is 0 Å². The van der Waals surface area contributed by atoms with Crippen molar-refractivity contribution in [2.45, 2.75) is 0 Å². The third kappa shape index (κ3) is 3.46. The van der Waals surface area contributed by atoms with Gasteiger partial charge in [0.25, 0.3) is 0 Å². The third-order valence-electron chi connectivity index (χ3n) is 9.32. The molecule has 0 atom stereocenters. The highest BCUT2D eigenvalue weighted by Gasteiger charge is 2.21. The van der Waals surface area contributed by atoms with Crippen LogP contribution in [0, 0.1) is 0 Å². The summed E-state index contributed by atoms with van der Waals surface area (Å²) in [7, 11) is 0. The lowest BCUT2D eigenvalue weighted by molar-refractivity contribution is 0.669. The Hall–Kier alpha value is -6.06. The quantitative estimate of drug-likeness (QED) is 0.206. The second-order valence-corrected chi connectivity index (χ2v) is 11.8. The zero-order valence-electron chi connectivity index (χ0n) is 24.3. The van der Waals surface area contributed by atoms with Crippen molar-refractivity contribution in [1.82, 2.24) is 9.13 Å². The highest BCUT2D eigenvalue weighted by Crippen LogP contribution is 2.42. The van der Waals surface area contributed by atoms with Gasteiger partial charge >= 0.3 is 0 Å². The zero-order valence-corrected chi connectivity index (χ0v) is 24.3. The van der Waals surface area contributed by atoms with Crippen LogP contribution < -0.4 is 0 Å². The number of nitrogens with zero attached hydrogens (tertiary/aromatic N) is 2. The van der Waals surface area contributed by atoms with Crippen LogP contribution in [-0.4, -0.2) is 9.13 Å². The second kappa shape index (κ2) is 9.22. The maximum atomic E-state index is 6.20.